The lowest BCUT2D eigenvalue weighted by molar-refractivity contribution is 0.584. The molecule has 0 aliphatic rings. The van der Waals surface area contributed by atoms with E-state index in [-0.39, 0.29) is 0 Å². The van der Waals surface area contributed by atoms with Gasteiger partial charge in [-0.2, -0.15) is 4.98 Å². The third kappa shape index (κ3) is 2.38. The summed E-state index contributed by atoms with van der Waals surface area (Å²) in [5.41, 5.74) is 2.86. The van der Waals surface area contributed by atoms with Crippen LogP contribution in [0, 0.1) is 6.92 Å². The molecule has 0 unspecified atom stereocenters. The third-order valence-electron chi connectivity index (χ3n) is 2.50. The Balaban J connectivity index is 2.39. The first-order chi connectivity index (χ1) is 8.24. The van der Waals surface area contributed by atoms with E-state index in [9.17, 15) is 0 Å². The van der Waals surface area contributed by atoms with E-state index >= 15 is 0 Å². The number of aryl methyl sites for hydroxylation is 1. The van der Waals surface area contributed by atoms with Crippen LogP contribution in [0.25, 0.3) is 11.1 Å². The number of benzene rings is 1. The van der Waals surface area contributed by atoms with E-state index in [2.05, 4.69) is 18.1 Å². The Morgan fingerprint density at radius 1 is 1.29 bits per heavy atom. The fourth-order valence-electron chi connectivity index (χ4n) is 1.70. The number of rotatable bonds is 5. The molecule has 0 aliphatic carbocycles. The molecule has 1 aromatic carbocycles. The highest BCUT2D eigenvalue weighted by atomic mass is 16.4. The monoisotopic (exact) mass is 228 g/mol. The molecule has 3 nitrogen and oxygen atoms in total. The summed E-state index contributed by atoms with van der Waals surface area (Å²) in [5, 5.41) is 0. The molecule has 0 spiro atoms. The second-order valence-corrected chi connectivity index (χ2v) is 3.95. The highest BCUT2D eigenvalue weighted by Crippen LogP contribution is 2.22. The van der Waals surface area contributed by atoms with Crippen molar-refractivity contribution in [3.8, 4) is 0 Å². The molecule has 1 heterocycles. The average Bonchev–Trinajstić information content (AvgIpc) is 2.71. The second kappa shape index (κ2) is 4.87. The zero-order valence-electron chi connectivity index (χ0n) is 10.0. The quantitative estimate of drug-likeness (QED) is 0.735. The van der Waals surface area contributed by atoms with Gasteiger partial charge in [-0.15, -0.1) is 13.2 Å². The molecule has 2 rings (SSSR count). The number of hydrogen-bond donors (Lipinski definition) is 0. The minimum Gasteiger partial charge on any atom is -0.423 e. The van der Waals surface area contributed by atoms with Crippen molar-refractivity contribution in [1.82, 2.24) is 4.98 Å². The second-order valence-electron chi connectivity index (χ2n) is 3.95. The zero-order chi connectivity index (χ0) is 12.3. The van der Waals surface area contributed by atoms with Crippen molar-refractivity contribution in [3.63, 3.8) is 0 Å². The highest BCUT2D eigenvalue weighted by Gasteiger charge is 2.11. The van der Waals surface area contributed by atoms with Gasteiger partial charge in [-0.05, 0) is 24.6 Å². The first-order valence-electron chi connectivity index (χ1n) is 5.58. The zero-order valence-corrected chi connectivity index (χ0v) is 10.0. The molecule has 3 heteroatoms. The summed E-state index contributed by atoms with van der Waals surface area (Å²) in [4.78, 5) is 6.44. The normalized spacial score (nSPS) is 10.4. The van der Waals surface area contributed by atoms with Crippen molar-refractivity contribution in [1.29, 1.82) is 0 Å². The van der Waals surface area contributed by atoms with Gasteiger partial charge in [-0.3, -0.25) is 0 Å². The fourth-order valence-corrected chi connectivity index (χ4v) is 1.70. The maximum atomic E-state index is 5.74. The first-order valence-corrected chi connectivity index (χ1v) is 5.58. The molecule has 1 aromatic heterocycles. The molecule has 0 saturated heterocycles. The molecule has 17 heavy (non-hydrogen) atoms. The van der Waals surface area contributed by atoms with Crippen molar-refractivity contribution < 1.29 is 4.42 Å². The minimum atomic E-state index is 0.616. The van der Waals surface area contributed by atoms with Gasteiger partial charge >= 0.3 is 0 Å². The van der Waals surface area contributed by atoms with E-state index in [1.54, 1.807) is 0 Å². The van der Waals surface area contributed by atoms with Crippen molar-refractivity contribution >= 4 is 17.1 Å². The molecule has 0 amide bonds. The number of anilines is 1. The van der Waals surface area contributed by atoms with Crippen molar-refractivity contribution in [3.05, 3.63) is 49.1 Å². The van der Waals surface area contributed by atoms with Gasteiger partial charge in [0.1, 0.15) is 5.52 Å². The van der Waals surface area contributed by atoms with Crippen molar-refractivity contribution in [2.45, 2.75) is 6.92 Å². The number of aromatic nitrogens is 1. The van der Waals surface area contributed by atoms with Crippen LogP contribution in [0.4, 0.5) is 6.01 Å². The number of fused-ring (bicyclic) bond motifs is 1. The van der Waals surface area contributed by atoms with Crippen LogP contribution in [-0.4, -0.2) is 18.1 Å². The summed E-state index contributed by atoms with van der Waals surface area (Å²) in [7, 11) is 0. The maximum Gasteiger partial charge on any atom is 0.298 e. The van der Waals surface area contributed by atoms with Gasteiger partial charge in [0.05, 0.1) is 0 Å². The lowest BCUT2D eigenvalue weighted by atomic mass is 10.2. The van der Waals surface area contributed by atoms with Gasteiger partial charge in [0.25, 0.3) is 6.01 Å². The number of nitrogens with zero attached hydrogens (tertiary/aromatic N) is 2. The number of oxazole rings is 1. The summed E-state index contributed by atoms with van der Waals surface area (Å²) in [6.07, 6.45) is 3.65. The average molecular weight is 228 g/mol. The van der Waals surface area contributed by atoms with Gasteiger partial charge in [0.2, 0.25) is 0 Å². The molecule has 0 saturated carbocycles. The van der Waals surface area contributed by atoms with E-state index in [0.717, 1.165) is 11.1 Å². The van der Waals surface area contributed by atoms with E-state index in [1.165, 1.54) is 5.56 Å². The van der Waals surface area contributed by atoms with Gasteiger partial charge in [0.15, 0.2) is 5.58 Å². The van der Waals surface area contributed by atoms with E-state index in [0.29, 0.717) is 19.1 Å². The summed E-state index contributed by atoms with van der Waals surface area (Å²) >= 11 is 0. The SMILES string of the molecule is C=CCN(CC=C)c1nc2ccc(C)cc2o1. The largest absolute Gasteiger partial charge is 0.423 e. The van der Waals surface area contributed by atoms with Crippen LogP contribution in [0.5, 0.6) is 0 Å². The van der Waals surface area contributed by atoms with Crippen LogP contribution in [-0.2, 0) is 0 Å². The predicted octanol–water partition coefficient (Wildman–Crippen LogP) is 3.31. The summed E-state index contributed by atoms with van der Waals surface area (Å²) in [5.74, 6) is 0. The van der Waals surface area contributed by atoms with Crippen LogP contribution in [0.2, 0.25) is 0 Å². The van der Waals surface area contributed by atoms with Crippen LogP contribution in [0.1, 0.15) is 5.56 Å². The molecule has 0 aliphatic heterocycles. The van der Waals surface area contributed by atoms with Gasteiger partial charge in [-0.25, -0.2) is 0 Å². The maximum absolute atomic E-state index is 5.74. The molecule has 2 aromatic rings. The Bertz CT molecular complexity index is 532. The van der Waals surface area contributed by atoms with E-state index in [4.69, 9.17) is 4.42 Å². The molecule has 88 valence electrons. The Morgan fingerprint density at radius 3 is 2.65 bits per heavy atom. The summed E-state index contributed by atoms with van der Waals surface area (Å²) in [6.45, 7) is 10.9. The lowest BCUT2D eigenvalue weighted by Gasteiger charge is -2.15. The van der Waals surface area contributed by atoms with Crippen molar-refractivity contribution in [2.24, 2.45) is 0 Å². The van der Waals surface area contributed by atoms with E-state index < -0.39 is 0 Å². The van der Waals surface area contributed by atoms with Crippen LogP contribution >= 0.6 is 0 Å². The molecule has 0 atom stereocenters. The van der Waals surface area contributed by atoms with Gasteiger partial charge < -0.3 is 9.32 Å². The summed E-state index contributed by atoms with van der Waals surface area (Å²) < 4.78 is 5.74. The highest BCUT2D eigenvalue weighted by molar-refractivity contribution is 5.75. The Morgan fingerprint density at radius 2 is 2.00 bits per heavy atom. The summed E-state index contributed by atoms with van der Waals surface area (Å²) in [6, 6.07) is 6.61. The third-order valence-corrected chi connectivity index (χ3v) is 2.50. The predicted molar refractivity (Wildman–Crippen MR) is 71.4 cm³/mol. The lowest BCUT2D eigenvalue weighted by Crippen LogP contribution is -2.23. The van der Waals surface area contributed by atoms with Crippen LogP contribution < -0.4 is 4.90 Å². The molecule has 0 fully saturated rings. The molecular formula is C14H16N2O. The molecule has 0 bridgehead atoms. The Hall–Kier alpha value is -2.03. The van der Waals surface area contributed by atoms with Crippen molar-refractivity contribution in [2.75, 3.05) is 18.0 Å². The van der Waals surface area contributed by atoms with Crippen LogP contribution in [0.3, 0.4) is 0 Å². The topological polar surface area (TPSA) is 29.3 Å². The molecular weight excluding hydrogens is 212 g/mol. The fraction of sp³-hybridized carbons (Fsp3) is 0.214. The first kappa shape index (κ1) is 11.5. The number of hydrogen-bond acceptors (Lipinski definition) is 3. The van der Waals surface area contributed by atoms with Crippen LogP contribution in [0.15, 0.2) is 47.9 Å². The Kier molecular flexibility index (Phi) is 3.28. The molecule has 0 N–H and O–H groups in total. The Labute approximate surface area is 101 Å². The minimum absolute atomic E-state index is 0.616. The smallest absolute Gasteiger partial charge is 0.298 e. The van der Waals surface area contributed by atoms with Gasteiger partial charge in [-0.1, -0.05) is 18.2 Å². The van der Waals surface area contributed by atoms with Gasteiger partial charge in [0, 0.05) is 13.1 Å². The standard InChI is InChI=1S/C14H16N2O/c1-4-8-16(9-5-2)14-15-12-7-6-11(3)10-13(12)17-14/h4-7,10H,1-2,8-9H2,3H3. The van der Waals surface area contributed by atoms with E-state index in [1.807, 2.05) is 42.2 Å². The molecule has 0 radical (unpaired) electrons.